The average molecular weight is 396 g/mol. The summed E-state index contributed by atoms with van der Waals surface area (Å²) in [6.07, 6.45) is 1.49. The third-order valence-corrected chi connectivity index (χ3v) is 4.16. The summed E-state index contributed by atoms with van der Waals surface area (Å²) >= 11 is 6.13. The number of rotatable bonds is 5. The predicted octanol–water partition coefficient (Wildman–Crippen LogP) is 4.39. The molecule has 0 spiro atoms. The van der Waals surface area contributed by atoms with E-state index in [9.17, 15) is 9.59 Å². The first-order valence-electron chi connectivity index (χ1n) is 8.46. The normalized spacial score (nSPS) is 10.2. The number of hydrogen-bond donors (Lipinski definition) is 3. The topological polar surface area (TPSA) is 96.0 Å². The highest BCUT2D eigenvalue weighted by Crippen LogP contribution is 2.22. The standard InChI is InChI=1S/C20H18ClN5O2/c1-12-6-7-16(11-17(12)21)25-20-22-9-8-18(26-20)19(28)24-15-5-3-4-14(10-15)23-13(2)27/h3-11H,1-2H3,(H,23,27)(H,24,28)(H,22,25,26). The Balaban J connectivity index is 1.73. The van der Waals surface area contributed by atoms with Crippen molar-refractivity contribution in [2.24, 2.45) is 0 Å². The summed E-state index contributed by atoms with van der Waals surface area (Å²) in [6.45, 7) is 3.33. The first-order chi connectivity index (χ1) is 13.4. The fourth-order valence-electron chi connectivity index (χ4n) is 2.42. The highest BCUT2D eigenvalue weighted by Gasteiger charge is 2.10. The van der Waals surface area contributed by atoms with Gasteiger partial charge in [-0.2, -0.15) is 0 Å². The number of nitrogens with zero attached hydrogens (tertiary/aromatic N) is 2. The van der Waals surface area contributed by atoms with Crippen molar-refractivity contribution in [3.05, 3.63) is 71.0 Å². The van der Waals surface area contributed by atoms with Gasteiger partial charge in [0.15, 0.2) is 0 Å². The minimum Gasteiger partial charge on any atom is -0.326 e. The Labute approximate surface area is 167 Å². The predicted molar refractivity (Wildman–Crippen MR) is 110 cm³/mol. The lowest BCUT2D eigenvalue weighted by Gasteiger charge is -2.09. The monoisotopic (exact) mass is 395 g/mol. The Bertz CT molecular complexity index is 1040. The van der Waals surface area contributed by atoms with Crippen molar-refractivity contribution in [2.75, 3.05) is 16.0 Å². The minimum atomic E-state index is -0.396. The maximum Gasteiger partial charge on any atom is 0.274 e. The summed E-state index contributed by atoms with van der Waals surface area (Å²) < 4.78 is 0. The smallest absolute Gasteiger partial charge is 0.274 e. The molecular formula is C20H18ClN5O2. The molecule has 1 aromatic heterocycles. The number of nitrogens with one attached hydrogen (secondary N) is 3. The Morgan fingerprint density at radius 3 is 2.43 bits per heavy atom. The summed E-state index contributed by atoms with van der Waals surface area (Å²) in [5.74, 6) is -0.307. The van der Waals surface area contributed by atoms with Crippen LogP contribution in [0.25, 0.3) is 0 Å². The fourth-order valence-corrected chi connectivity index (χ4v) is 2.60. The SMILES string of the molecule is CC(=O)Nc1cccc(NC(=O)c2ccnc(Nc3ccc(C)c(Cl)c3)n2)c1. The van der Waals surface area contributed by atoms with Gasteiger partial charge in [0.1, 0.15) is 5.69 Å². The van der Waals surface area contributed by atoms with Gasteiger partial charge >= 0.3 is 0 Å². The third kappa shape index (κ3) is 5.05. The zero-order valence-corrected chi connectivity index (χ0v) is 16.0. The van der Waals surface area contributed by atoms with E-state index < -0.39 is 5.91 Å². The van der Waals surface area contributed by atoms with Crippen LogP contribution in [0.5, 0.6) is 0 Å². The molecular weight excluding hydrogens is 378 g/mol. The molecule has 8 heteroatoms. The lowest BCUT2D eigenvalue weighted by Crippen LogP contribution is -2.15. The summed E-state index contributed by atoms with van der Waals surface area (Å²) in [5, 5.41) is 9.07. The fraction of sp³-hybridized carbons (Fsp3) is 0.100. The Morgan fingerprint density at radius 2 is 1.71 bits per heavy atom. The van der Waals surface area contributed by atoms with E-state index in [1.807, 2.05) is 19.1 Å². The Kier molecular flexibility index (Phi) is 5.86. The van der Waals surface area contributed by atoms with Crippen molar-refractivity contribution in [2.45, 2.75) is 13.8 Å². The van der Waals surface area contributed by atoms with Crippen molar-refractivity contribution in [1.82, 2.24) is 9.97 Å². The van der Waals surface area contributed by atoms with E-state index in [2.05, 4.69) is 25.9 Å². The minimum absolute atomic E-state index is 0.189. The van der Waals surface area contributed by atoms with E-state index in [1.165, 1.54) is 19.2 Å². The second kappa shape index (κ2) is 8.49. The zero-order chi connectivity index (χ0) is 20.1. The van der Waals surface area contributed by atoms with Crippen LogP contribution in [-0.4, -0.2) is 21.8 Å². The molecule has 0 bridgehead atoms. The second-order valence-corrected chi connectivity index (χ2v) is 6.48. The van der Waals surface area contributed by atoms with E-state index in [-0.39, 0.29) is 17.5 Å². The van der Waals surface area contributed by atoms with Gasteiger partial charge < -0.3 is 16.0 Å². The Morgan fingerprint density at radius 1 is 0.964 bits per heavy atom. The lowest BCUT2D eigenvalue weighted by molar-refractivity contribution is -0.114. The van der Waals surface area contributed by atoms with E-state index in [0.29, 0.717) is 16.4 Å². The molecule has 1 heterocycles. The first kappa shape index (κ1) is 19.3. The van der Waals surface area contributed by atoms with Gasteiger partial charge in [-0.25, -0.2) is 9.97 Å². The summed E-state index contributed by atoms with van der Waals surface area (Å²) in [6, 6.07) is 13.9. The maximum absolute atomic E-state index is 12.5. The number of aromatic nitrogens is 2. The molecule has 0 saturated carbocycles. The van der Waals surface area contributed by atoms with Crippen LogP contribution in [0.4, 0.5) is 23.0 Å². The van der Waals surface area contributed by atoms with Gasteiger partial charge in [-0.1, -0.05) is 23.7 Å². The molecule has 0 aliphatic heterocycles. The molecule has 2 aromatic carbocycles. The van der Waals surface area contributed by atoms with Gasteiger partial charge in [-0.3, -0.25) is 9.59 Å². The molecule has 0 aliphatic carbocycles. The molecule has 142 valence electrons. The highest BCUT2D eigenvalue weighted by atomic mass is 35.5. The molecule has 0 saturated heterocycles. The number of benzene rings is 2. The molecule has 28 heavy (non-hydrogen) atoms. The van der Waals surface area contributed by atoms with Crippen LogP contribution in [0.15, 0.2) is 54.7 Å². The number of aryl methyl sites for hydroxylation is 1. The Hall–Kier alpha value is -3.45. The molecule has 0 unspecified atom stereocenters. The van der Waals surface area contributed by atoms with Crippen LogP contribution < -0.4 is 16.0 Å². The number of hydrogen-bond acceptors (Lipinski definition) is 5. The molecule has 3 rings (SSSR count). The molecule has 0 radical (unpaired) electrons. The van der Waals surface area contributed by atoms with E-state index in [4.69, 9.17) is 11.6 Å². The summed E-state index contributed by atoms with van der Waals surface area (Å²) in [5.41, 5.74) is 3.00. The third-order valence-electron chi connectivity index (χ3n) is 3.76. The number of carbonyl (C=O) groups is 2. The quantitative estimate of drug-likeness (QED) is 0.595. The highest BCUT2D eigenvalue weighted by molar-refractivity contribution is 6.31. The van der Waals surface area contributed by atoms with Gasteiger partial charge in [0.2, 0.25) is 11.9 Å². The van der Waals surface area contributed by atoms with Crippen LogP contribution in [0.1, 0.15) is 23.0 Å². The van der Waals surface area contributed by atoms with Crippen molar-refractivity contribution in [3.8, 4) is 0 Å². The van der Waals surface area contributed by atoms with Crippen LogP contribution in [-0.2, 0) is 4.79 Å². The van der Waals surface area contributed by atoms with E-state index >= 15 is 0 Å². The van der Waals surface area contributed by atoms with Crippen LogP contribution >= 0.6 is 11.6 Å². The molecule has 0 fully saturated rings. The van der Waals surface area contributed by atoms with Crippen molar-refractivity contribution in [1.29, 1.82) is 0 Å². The largest absolute Gasteiger partial charge is 0.326 e. The molecule has 0 aliphatic rings. The lowest BCUT2D eigenvalue weighted by atomic mass is 10.2. The summed E-state index contributed by atoms with van der Waals surface area (Å²) in [7, 11) is 0. The average Bonchev–Trinajstić information content (AvgIpc) is 2.65. The van der Waals surface area contributed by atoms with E-state index in [0.717, 1.165) is 11.3 Å². The molecule has 7 nitrogen and oxygen atoms in total. The van der Waals surface area contributed by atoms with Gasteiger partial charge in [-0.15, -0.1) is 0 Å². The second-order valence-electron chi connectivity index (χ2n) is 6.07. The molecule has 3 N–H and O–H groups in total. The van der Waals surface area contributed by atoms with Crippen molar-refractivity contribution in [3.63, 3.8) is 0 Å². The van der Waals surface area contributed by atoms with Gasteiger partial charge in [0.05, 0.1) is 0 Å². The maximum atomic E-state index is 12.5. The van der Waals surface area contributed by atoms with Crippen LogP contribution in [0, 0.1) is 6.92 Å². The van der Waals surface area contributed by atoms with Crippen molar-refractivity contribution < 1.29 is 9.59 Å². The number of anilines is 4. The number of halogens is 1. The zero-order valence-electron chi connectivity index (χ0n) is 15.3. The molecule has 3 aromatic rings. The van der Waals surface area contributed by atoms with Gasteiger partial charge in [-0.05, 0) is 48.9 Å². The van der Waals surface area contributed by atoms with Crippen LogP contribution in [0.3, 0.4) is 0 Å². The van der Waals surface area contributed by atoms with Gasteiger partial charge in [0, 0.05) is 35.2 Å². The summed E-state index contributed by atoms with van der Waals surface area (Å²) in [4.78, 5) is 32.0. The van der Waals surface area contributed by atoms with Gasteiger partial charge in [0.25, 0.3) is 5.91 Å². The first-order valence-corrected chi connectivity index (χ1v) is 8.84. The number of carbonyl (C=O) groups excluding carboxylic acids is 2. The molecule has 0 atom stereocenters. The molecule has 2 amide bonds. The van der Waals surface area contributed by atoms with E-state index in [1.54, 1.807) is 30.3 Å². The van der Waals surface area contributed by atoms with Crippen LogP contribution in [0.2, 0.25) is 5.02 Å². The number of amides is 2. The van der Waals surface area contributed by atoms with Crippen molar-refractivity contribution >= 4 is 46.4 Å².